The molecule has 1 atom stereocenters. The molecule has 34 heavy (non-hydrogen) atoms. The lowest BCUT2D eigenvalue weighted by Gasteiger charge is -2.20. The molecule has 0 radical (unpaired) electrons. The normalized spacial score (nSPS) is 11.8. The van der Waals surface area contributed by atoms with Crippen LogP contribution in [0, 0.1) is 5.92 Å². The first-order chi connectivity index (χ1) is 16.4. The zero-order chi connectivity index (χ0) is 24.5. The average Bonchev–Trinajstić information content (AvgIpc) is 2.84. The molecular weight excluding hydrogens is 432 g/mol. The number of carbonyl (C=O) groups excluding carboxylic acids is 1. The lowest BCUT2D eigenvalue weighted by Crippen LogP contribution is -2.34. The summed E-state index contributed by atoms with van der Waals surface area (Å²) in [5.74, 6) is 1.52. The molecule has 0 aliphatic heterocycles. The number of nitrogens with zero attached hydrogens (tertiary/aromatic N) is 2. The van der Waals surface area contributed by atoms with E-state index in [1.807, 2.05) is 51.1 Å². The molecular formula is C27H32N2O5. The van der Waals surface area contributed by atoms with E-state index in [2.05, 4.69) is 4.98 Å². The molecule has 2 aromatic carbocycles. The Morgan fingerprint density at radius 1 is 1.00 bits per heavy atom. The largest absolute Gasteiger partial charge is 0.492 e. The van der Waals surface area contributed by atoms with Crippen LogP contribution in [0.2, 0.25) is 0 Å². The summed E-state index contributed by atoms with van der Waals surface area (Å²) < 4.78 is 18.4. The third kappa shape index (κ3) is 6.47. The van der Waals surface area contributed by atoms with E-state index < -0.39 is 6.10 Å². The molecule has 0 N–H and O–H groups in total. The van der Waals surface area contributed by atoms with Crippen molar-refractivity contribution < 1.29 is 19.0 Å². The first-order valence-corrected chi connectivity index (χ1v) is 11.6. The maximum Gasteiger partial charge on any atom is 0.347 e. The van der Waals surface area contributed by atoms with E-state index in [9.17, 15) is 9.59 Å². The summed E-state index contributed by atoms with van der Waals surface area (Å²) in [5, 5.41) is 0. The number of esters is 1. The molecule has 0 aliphatic rings. The van der Waals surface area contributed by atoms with Crippen LogP contribution in [0.25, 0.3) is 11.3 Å². The van der Waals surface area contributed by atoms with Crippen LogP contribution in [0.1, 0.15) is 33.5 Å². The van der Waals surface area contributed by atoms with Gasteiger partial charge in [-0.25, -0.2) is 9.78 Å². The molecule has 7 nitrogen and oxygen atoms in total. The van der Waals surface area contributed by atoms with Gasteiger partial charge in [0.05, 0.1) is 18.8 Å². The van der Waals surface area contributed by atoms with Crippen molar-refractivity contribution in [1.82, 2.24) is 9.55 Å². The maximum absolute atomic E-state index is 12.8. The summed E-state index contributed by atoms with van der Waals surface area (Å²) in [7, 11) is 0. The number of aromatic nitrogens is 2. The number of benzene rings is 2. The maximum atomic E-state index is 12.8. The van der Waals surface area contributed by atoms with Gasteiger partial charge in [-0.05, 0) is 31.2 Å². The fraction of sp³-hybridized carbons (Fsp3) is 0.370. The lowest BCUT2D eigenvalue weighted by molar-refractivity contribution is -0.153. The molecule has 0 saturated carbocycles. The van der Waals surface area contributed by atoms with Crippen LogP contribution in [0.5, 0.6) is 11.5 Å². The second-order valence-electron chi connectivity index (χ2n) is 8.12. The van der Waals surface area contributed by atoms with Crippen molar-refractivity contribution in [1.29, 1.82) is 0 Å². The smallest absolute Gasteiger partial charge is 0.347 e. The van der Waals surface area contributed by atoms with Crippen LogP contribution in [-0.2, 0) is 22.5 Å². The predicted molar refractivity (Wildman–Crippen MR) is 131 cm³/mol. The highest BCUT2D eigenvalue weighted by atomic mass is 16.6. The van der Waals surface area contributed by atoms with Crippen molar-refractivity contribution in [2.24, 2.45) is 5.92 Å². The molecule has 7 heteroatoms. The SMILES string of the molecule is CCOC(=O)[C@@H](Oc1ccc(OCCn2c(CC)nc(-c3ccccc3)cc2=O)cc1)C(C)C. The van der Waals surface area contributed by atoms with Gasteiger partial charge in [-0.1, -0.05) is 51.1 Å². The van der Waals surface area contributed by atoms with Crippen LogP contribution in [0.15, 0.2) is 65.5 Å². The highest BCUT2D eigenvalue weighted by Crippen LogP contribution is 2.21. The summed E-state index contributed by atoms with van der Waals surface area (Å²) in [6.45, 7) is 8.59. The molecule has 180 valence electrons. The molecule has 1 heterocycles. The Kier molecular flexibility index (Phi) is 8.85. The van der Waals surface area contributed by atoms with Crippen molar-refractivity contribution in [3.63, 3.8) is 0 Å². The summed E-state index contributed by atoms with van der Waals surface area (Å²) in [6.07, 6.45) is -0.0307. The summed E-state index contributed by atoms with van der Waals surface area (Å²) in [6, 6.07) is 18.3. The van der Waals surface area contributed by atoms with Gasteiger partial charge < -0.3 is 14.2 Å². The van der Waals surface area contributed by atoms with Crippen molar-refractivity contribution in [3.8, 4) is 22.8 Å². The standard InChI is InChI=1S/C27H32N2O5/c1-5-24-28-23(20-10-8-7-9-11-20)18-25(30)29(24)16-17-33-21-12-14-22(15-13-21)34-26(19(3)4)27(31)32-6-2/h7-15,18-19,26H,5-6,16-17H2,1-4H3/t26-/m0/s1. The minimum atomic E-state index is -0.669. The Morgan fingerprint density at radius 3 is 2.29 bits per heavy atom. The van der Waals surface area contributed by atoms with Crippen LogP contribution in [0.3, 0.4) is 0 Å². The van der Waals surface area contributed by atoms with E-state index in [1.54, 1.807) is 41.8 Å². The van der Waals surface area contributed by atoms with Gasteiger partial charge in [0.15, 0.2) is 6.10 Å². The lowest BCUT2D eigenvalue weighted by atomic mass is 10.1. The Labute approximate surface area is 200 Å². The van der Waals surface area contributed by atoms with Crippen molar-refractivity contribution in [2.45, 2.75) is 46.8 Å². The van der Waals surface area contributed by atoms with E-state index in [-0.39, 0.29) is 17.4 Å². The zero-order valence-electron chi connectivity index (χ0n) is 20.2. The molecule has 0 fully saturated rings. The van der Waals surface area contributed by atoms with Gasteiger partial charge in [0.1, 0.15) is 23.9 Å². The number of rotatable bonds is 11. The van der Waals surface area contributed by atoms with Gasteiger partial charge >= 0.3 is 5.97 Å². The molecule has 3 aromatic rings. The van der Waals surface area contributed by atoms with Crippen molar-refractivity contribution >= 4 is 5.97 Å². The van der Waals surface area contributed by atoms with E-state index in [4.69, 9.17) is 14.2 Å². The van der Waals surface area contributed by atoms with Crippen molar-refractivity contribution in [2.75, 3.05) is 13.2 Å². The van der Waals surface area contributed by atoms with E-state index in [0.717, 1.165) is 11.4 Å². The molecule has 0 aliphatic carbocycles. The van der Waals surface area contributed by atoms with Gasteiger partial charge in [0.25, 0.3) is 5.56 Å². The van der Waals surface area contributed by atoms with E-state index >= 15 is 0 Å². The van der Waals surface area contributed by atoms with Crippen molar-refractivity contribution in [3.05, 3.63) is 76.8 Å². The Bertz CT molecular complexity index is 1120. The first-order valence-electron chi connectivity index (χ1n) is 11.6. The molecule has 0 spiro atoms. The van der Waals surface area contributed by atoms with Gasteiger partial charge in [-0.3, -0.25) is 9.36 Å². The molecule has 0 unspecified atom stereocenters. The number of carbonyl (C=O) groups is 1. The highest BCUT2D eigenvalue weighted by molar-refractivity contribution is 5.75. The third-order valence-corrected chi connectivity index (χ3v) is 5.27. The second kappa shape index (κ2) is 12.0. The van der Waals surface area contributed by atoms with Gasteiger partial charge in [0, 0.05) is 24.0 Å². The van der Waals surface area contributed by atoms with Gasteiger partial charge in [-0.15, -0.1) is 0 Å². The fourth-order valence-electron chi connectivity index (χ4n) is 3.52. The topological polar surface area (TPSA) is 79.7 Å². The minimum Gasteiger partial charge on any atom is -0.492 e. The molecule has 3 rings (SSSR count). The van der Waals surface area contributed by atoms with Gasteiger partial charge in [0.2, 0.25) is 0 Å². The molecule has 0 bridgehead atoms. The number of hydrogen-bond donors (Lipinski definition) is 0. The monoisotopic (exact) mass is 464 g/mol. The highest BCUT2D eigenvalue weighted by Gasteiger charge is 2.25. The number of ether oxygens (including phenoxy) is 3. The number of aryl methyl sites for hydroxylation is 1. The summed E-state index contributed by atoms with van der Waals surface area (Å²) in [5.41, 5.74) is 1.50. The minimum absolute atomic E-state index is 0.0251. The van der Waals surface area contributed by atoms with Gasteiger partial charge in [-0.2, -0.15) is 0 Å². The zero-order valence-corrected chi connectivity index (χ0v) is 20.2. The third-order valence-electron chi connectivity index (χ3n) is 5.27. The van der Waals surface area contributed by atoms with Crippen LogP contribution < -0.4 is 15.0 Å². The summed E-state index contributed by atoms with van der Waals surface area (Å²) in [4.78, 5) is 29.5. The van der Waals surface area contributed by atoms with E-state index in [1.165, 1.54) is 0 Å². The molecule has 0 amide bonds. The predicted octanol–water partition coefficient (Wildman–Crippen LogP) is 4.52. The number of hydrogen-bond acceptors (Lipinski definition) is 6. The first kappa shape index (κ1) is 25.0. The van der Waals surface area contributed by atoms with Crippen LogP contribution in [-0.4, -0.2) is 34.8 Å². The quantitative estimate of drug-likeness (QED) is 0.388. The Hall–Kier alpha value is -3.61. The van der Waals surface area contributed by atoms with E-state index in [0.29, 0.717) is 43.4 Å². The average molecular weight is 465 g/mol. The van der Waals surface area contributed by atoms with Crippen LogP contribution >= 0.6 is 0 Å². The second-order valence-corrected chi connectivity index (χ2v) is 8.12. The Balaban J connectivity index is 1.62. The summed E-state index contributed by atoms with van der Waals surface area (Å²) >= 11 is 0. The Morgan fingerprint density at radius 2 is 1.68 bits per heavy atom. The molecule has 1 aromatic heterocycles. The molecule has 0 saturated heterocycles. The fourth-order valence-corrected chi connectivity index (χ4v) is 3.52. The van der Waals surface area contributed by atoms with Crippen LogP contribution in [0.4, 0.5) is 0 Å².